The van der Waals surface area contributed by atoms with Gasteiger partial charge in [0.15, 0.2) is 6.33 Å². The summed E-state index contributed by atoms with van der Waals surface area (Å²) in [7, 11) is 0. The van der Waals surface area contributed by atoms with Gasteiger partial charge in [0, 0.05) is 13.0 Å². The molecule has 0 spiro atoms. The Morgan fingerprint density at radius 3 is 3.20 bits per heavy atom. The van der Waals surface area contributed by atoms with E-state index in [1.807, 2.05) is 0 Å². The normalized spacial score (nSPS) is 18.3. The van der Waals surface area contributed by atoms with Crippen LogP contribution >= 0.6 is 0 Å². The molecular formula is C11H14N6O3. The average Bonchev–Trinajstić information content (AvgIpc) is 3.20. The van der Waals surface area contributed by atoms with Crippen LogP contribution in [0.3, 0.4) is 0 Å². The summed E-state index contributed by atoms with van der Waals surface area (Å²) in [5.74, 6) is 0.593. The molecule has 106 valence electrons. The maximum atomic E-state index is 11.8. The molecule has 9 nitrogen and oxygen atoms in total. The van der Waals surface area contributed by atoms with Crippen molar-refractivity contribution in [1.29, 1.82) is 0 Å². The minimum Gasteiger partial charge on any atom is -0.349 e. The van der Waals surface area contributed by atoms with E-state index in [4.69, 9.17) is 9.05 Å². The maximum Gasteiger partial charge on any atom is 0.292 e. The molecule has 9 heteroatoms. The molecule has 2 aromatic heterocycles. The van der Waals surface area contributed by atoms with Gasteiger partial charge in [0.05, 0.1) is 6.04 Å². The Morgan fingerprint density at radius 1 is 1.50 bits per heavy atom. The Hall–Kier alpha value is -2.29. The summed E-state index contributed by atoms with van der Waals surface area (Å²) in [6.07, 6.45) is 3.79. The number of amides is 1. The van der Waals surface area contributed by atoms with Crippen LogP contribution in [0.2, 0.25) is 0 Å². The first kappa shape index (κ1) is 12.7. The van der Waals surface area contributed by atoms with E-state index in [2.05, 4.69) is 30.9 Å². The molecule has 0 bridgehead atoms. The molecular weight excluding hydrogens is 264 g/mol. The van der Waals surface area contributed by atoms with Crippen LogP contribution in [0.5, 0.6) is 0 Å². The van der Waals surface area contributed by atoms with E-state index in [9.17, 15) is 4.79 Å². The Balaban J connectivity index is 1.51. The van der Waals surface area contributed by atoms with Crippen LogP contribution in [0, 0.1) is 0 Å². The van der Waals surface area contributed by atoms with E-state index in [0.29, 0.717) is 24.7 Å². The second kappa shape index (κ2) is 5.78. The highest BCUT2D eigenvalue weighted by Crippen LogP contribution is 2.20. The third kappa shape index (κ3) is 2.82. The van der Waals surface area contributed by atoms with E-state index >= 15 is 0 Å². The van der Waals surface area contributed by atoms with Crippen LogP contribution in [0.15, 0.2) is 15.4 Å². The Morgan fingerprint density at radius 2 is 2.45 bits per heavy atom. The highest BCUT2D eigenvalue weighted by atomic mass is 16.5. The van der Waals surface area contributed by atoms with E-state index in [1.54, 1.807) is 0 Å². The SMILES string of the molecule is O=C(NCCc1ncno1)c1noc(C2CCCN2)n1. The predicted molar refractivity (Wildman–Crippen MR) is 64.6 cm³/mol. The lowest BCUT2D eigenvalue weighted by molar-refractivity contribution is 0.0940. The molecule has 0 saturated carbocycles. The van der Waals surface area contributed by atoms with Gasteiger partial charge in [0.25, 0.3) is 11.7 Å². The van der Waals surface area contributed by atoms with Gasteiger partial charge in [-0.1, -0.05) is 10.3 Å². The highest BCUT2D eigenvalue weighted by Gasteiger charge is 2.24. The lowest BCUT2D eigenvalue weighted by atomic mass is 10.2. The van der Waals surface area contributed by atoms with Crippen molar-refractivity contribution in [2.24, 2.45) is 0 Å². The lowest BCUT2D eigenvalue weighted by Crippen LogP contribution is -2.27. The van der Waals surface area contributed by atoms with Crippen LogP contribution in [0.1, 0.15) is 41.3 Å². The van der Waals surface area contributed by atoms with Crippen LogP contribution in [0.25, 0.3) is 0 Å². The van der Waals surface area contributed by atoms with Gasteiger partial charge in [-0.3, -0.25) is 4.79 Å². The summed E-state index contributed by atoms with van der Waals surface area (Å²) in [6, 6.07) is 0.0578. The van der Waals surface area contributed by atoms with Gasteiger partial charge in [0.1, 0.15) is 0 Å². The number of hydrogen-bond acceptors (Lipinski definition) is 8. The number of aromatic nitrogens is 4. The minimum atomic E-state index is -0.377. The van der Waals surface area contributed by atoms with Gasteiger partial charge in [-0.15, -0.1) is 0 Å². The van der Waals surface area contributed by atoms with Gasteiger partial charge in [0.2, 0.25) is 11.8 Å². The zero-order valence-corrected chi connectivity index (χ0v) is 10.7. The van der Waals surface area contributed by atoms with Gasteiger partial charge >= 0.3 is 0 Å². The quantitative estimate of drug-likeness (QED) is 0.775. The smallest absolute Gasteiger partial charge is 0.292 e. The monoisotopic (exact) mass is 278 g/mol. The molecule has 0 aliphatic carbocycles. The number of carbonyl (C=O) groups excluding carboxylic acids is 1. The first-order valence-electron chi connectivity index (χ1n) is 6.43. The summed E-state index contributed by atoms with van der Waals surface area (Å²) < 4.78 is 9.92. The van der Waals surface area contributed by atoms with Crippen molar-refractivity contribution in [1.82, 2.24) is 30.9 Å². The van der Waals surface area contributed by atoms with Crippen molar-refractivity contribution in [2.75, 3.05) is 13.1 Å². The number of nitrogens with one attached hydrogen (secondary N) is 2. The van der Waals surface area contributed by atoms with Gasteiger partial charge < -0.3 is 19.7 Å². The molecule has 1 atom stereocenters. The molecule has 1 saturated heterocycles. The Kier molecular flexibility index (Phi) is 3.68. The molecule has 1 aliphatic rings. The molecule has 1 fully saturated rings. The molecule has 1 aliphatic heterocycles. The summed E-state index contributed by atoms with van der Waals surface area (Å²) in [5, 5.41) is 13.1. The predicted octanol–water partition coefficient (Wildman–Crippen LogP) is -0.150. The molecule has 3 rings (SSSR count). The van der Waals surface area contributed by atoms with E-state index in [-0.39, 0.29) is 17.8 Å². The third-order valence-electron chi connectivity index (χ3n) is 3.03. The molecule has 1 unspecified atom stereocenters. The summed E-state index contributed by atoms with van der Waals surface area (Å²) in [6.45, 7) is 1.30. The summed E-state index contributed by atoms with van der Waals surface area (Å²) >= 11 is 0. The number of rotatable bonds is 5. The largest absolute Gasteiger partial charge is 0.349 e. The maximum absolute atomic E-state index is 11.8. The van der Waals surface area contributed by atoms with Gasteiger partial charge in [-0.2, -0.15) is 9.97 Å². The van der Waals surface area contributed by atoms with Crippen molar-refractivity contribution < 1.29 is 13.8 Å². The molecule has 2 aromatic rings. The Labute approximate surface area is 114 Å². The topological polar surface area (TPSA) is 119 Å². The van der Waals surface area contributed by atoms with Crippen molar-refractivity contribution in [2.45, 2.75) is 25.3 Å². The third-order valence-corrected chi connectivity index (χ3v) is 3.03. The van der Waals surface area contributed by atoms with Crippen LogP contribution < -0.4 is 10.6 Å². The first-order chi connectivity index (χ1) is 9.83. The zero-order valence-electron chi connectivity index (χ0n) is 10.7. The number of nitrogens with zero attached hydrogens (tertiary/aromatic N) is 4. The highest BCUT2D eigenvalue weighted by molar-refractivity contribution is 5.90. The van der Waals surface area contributed by atoms with Crippen molar-refractivity contribution in [3.8, 4) is 0 Å². The number of hydrogen-bond donors (Lipinski definition) is 2. The molecule has 1 amide bonds. The second-order valence-electron chi connectivity index (χ2n) is 4.45. The Bertz CT molecular complexity index is 560. The zero-order chi connectivity index (χ0) is 13.8. The molecule has 0 aromatic carbocycles. The second-order valence-corrected chi connectivity index (χ2v) is 4.45. The molecule has 0 radical (unpaired) electrons. The molecule has 2 N–H and O–H groups in total. The fourth-order valence-corrected chi connectivity index (χ4v) is 2.03. The molecule has 3 heterocycles. The fourth-order valence-electron chi connectivity index (χ4n) is 2.03. The van der Waals surface area contributed by atoms with E-state index in [0.717, 1.165) is 19.4 Å². The van der Waals surface area contributed by atoms with Gasteiger partial charge in [-0.05, 0) is 19.4 Å². The fraction of sp³-hybridized carbons (Fsp3) is 0.545. The first-order valence-corrected chi connectivity index (χ1v) is 6.43. The van der Waals surface area contributed by atoms with E-state index < -0.39 is 0 Å². The van der Waals surface area contributed by atoms with Gasteiger partial charge in [-0.25, -0.2) is 0 Å². The summed E-state index contributed by atoms with van der Waals surface area (Å²) in [4.78, 5) is 19.8. The van der Waals surface area contributed by atoms with Crippen molar-refractivity contribution in [3.63, 3.8) is 0 Å². The van der Waals surface area contributed by atoms with Crippen LogP contribution in [-0.4, -0.2) is 39.3 Å². The average molecular weight is 278 g/mol. The van der Waals surface area contributed by atoms with Crippen LogP contribution in [0.4, 0.5) is 0 Å². The van der Waals surface area contributed by atoms with Crippen LogP contribution in [-0.2, 0) is 6.42 Å². The number of carbonyl (C=O) groups is 1. The van der Waals surface area contributed by atoms with Crippen molar-refractivity contribution >= 4 is 5.91 Å². The lowest BCUT2D eigenvalue weighted by Gasteiger charge is -2.01. The molecule has 20 heavy (non-hydrogen) atoms. The van der Waals surface area contributed by atoms with E-state index in [1.165, 1.54) is 6.33 Å². The minimum absolute atomic E-state index is 0.0410. The summed E-state index contributed by atoms with van der Waals surface area (Å²) in [5.41, 5.74) is 0. The standard InChI is InChI=1S/C11H14N6O3/c18-10(13-5-3-8-14-6-15-19-8)9-16-11(20-17-9)7-2-1-4-12-7/h6-7,12H,1-5H2,(H,13,18). The van der Waals surface area contributed by atoms with Crippen molar-refractivity contribution in [3.05, 3.63) is 23.9 Å².